The second-order valence-corrected chi connectivity index (χ2v) is 8.87. The van der Waals surface area contributed by atoms with E-state index < -0.39 is 6.10 Å². The van der Waals surface area contributed by atoms with Crippen molar-refractivity contribution >= 4 is 5.88 Å². The van der Waals surface area contributed by atoms with Gasteiger partial charge in [-0.1, -0.05) is 35.5 Å². The molecule has 1 aliphatic heterocycles. The molecule has 1 N–H and O–H groups in total. The van der Waals surface area contributed by atoms with Gasteiger partial charge in [0, 0.05) is 31.7 Å². The molecule has 8 heteroatoms. The van der Waals surface area contributed by atoms with Crippen LogP contribution in [0.5, 0.6) is 0 Å². The zero-order valence-electron chi connectivity index (χ0n) is 19.7. The lowest BCUT2D eigenvalue weighted by Crippen LogP contribution is -2.34. The highest BCUT2D eigenvalue weighted by molar-refractivity contribution is 5.68. The fraction of sp³-hybridized carbons (Fsp3) is 0.370. The van der Waals surface area contributed by atoms with Gasteiger partial charge in [-0.15, -0.1) is 0 Å². The monoisotopic (exact) mass is 477 g/mol. The van der Waals surface area contributed by atoms with Gasteiger partial charge in [-0.25, -0.2) is 0 Å². The Kier molecular flexibility index (Phi) is 7.62. The summed E-state index contributed by atoms with van der Waals surface area (Å²) in [5, 5.41) is 15.3. The fourth-order valence-electron chi connectivity index (χ4n) is 4.51. The van der Waals surface area contributed by atoms with Crippen molar-refractivity contribution in [3.63, 3.8) is 0 Å². The molecule has 0 aliphatic carbocycles. The summed E-state index contributed by atoms with van der Waals surface area (Å²) in [7, 11) is 0. The molecule has 8 nitrogen and oxygen atoms in total. The lowest BCUT2D eigenvalue weighted by Gasteiger charge is -2.25. The average Bonchev–Trinajstić information content (AvgIpc) is 3.68. The summed E-state index contributed by atoms with van der Waals surface area (Å²) in [6.45, 7) is 3.93. The van der Waals surface area contributed by atoms with Crippen molar-refractivity contribution in [2.45, 2.75) is 38.6 Å². The number of benzene rings is 1. The maximum Gasteiger partial charge on any atom is 0.232 e. The second-order valence-electron chi connectivity index (χ2n) is 8.87. The lowest BCUT2D eigenvalue weighted by molar-refractivity contribution is 0.00165. The number of ether oxygens (including phenoxy) is 1. The highest BCUT2D eigenvalue weighted by atomic mass is 16.5. The molecule has 184 valence electrons. The number of rotatable bonds is 12. The molecular weight excluding hydrogens is 446 g/mol. The number of aliphatic hydroxyl groups excluding tert-OH is 1. The van der Waals surface area contributed by atoms with Crippen LogP contribution in [0.25, 0.3) is 11.3 Å². The van der Waals surface area contributed by atoms with Crippen molar-refractivity contribution in [2.24, 2.45) is 0 Å². The van der Waals surface area contributed by atoms with Crippen molar-refractivity contribution in [1.29, 1.82) is 0 Å². The first-order valence-corrected chi connectivity index (χ1v) is 12.1. The molecule has 1 fully saturated rings. The van der Waals surface area contributed by atoms with Gasteiger partial charge in [0.05, 0.1) is 37.3 Å². The van der Waals surface area contributed by atoms with Gasteiger partial charge in [-0.2, -0.15) is 0 Å². The van der Waals surface area contributed by atoms with Crippen molar-refractivity contribution < 1.29 is 23.2 Å². The summed E-state index contributed by atoms with van der Waals surface area (Å²) in [6, 6.07) is 17.6. The molecule has 5 rings (SSSR count). The number of furan rings is 2. The van der Waals surface area contributed by atoms with Crippen LogP contribution in [0.1, 0.15) is 29.9 Å². The Morgan fingerprint density at radius 3 is 2.40 bits per heavy atom. The van der Waals surface area contributed by atoms with E-state index in [1.165, 1.54) is 0 Å². The van der Waals surface area contributed by atoms with Gasteiger partial charge in [-0.3, -0.25) is 4.90 Å². The molecule has 35 heavy (non-hydrogen) atoms. The number of aromatic nitrogens is 1. The Balaban J connectivity index is 1.35. The van der Waals surface area contributed by atoms with Crippen LogP contribution in [0, 0.1) is 0 Å². The predicted octanol–water partition coefficient (Wildman–Crippen LogP) is 4.71. The molecule has 4 aromatic rings. The largest absolute Gasteiger partial charge is 0.468 e. The van der Waals surface area contributed by atoms with Crippen LogP contribution in [-0.2, 0) is 24.4 Å². The lowest BCUT2D eigenvalue weighted by atomic mass is 10.1. The molecule has 1 aliphatic rings. The van der Waals surface area contributed by atoms with E-state index in [0.717, 1.165) is 60.2 Å². The Bertz CT molecular complexity index is 1140. The Hall–Kier alpha value is -3.33. The number of anilines is 1. The highest BCUT2D eigenvalue weighted by Crippen LogP contribution is 2.34. The van der Waals surface area contributed by atoms with Crippen molar-refractivity contribution in [1.82, 2.24) is 10.1 Å². The first-order chi connectivity index (χ1) is 17.3. The van der Waals surface area contributed by atoms with E-state index >= 15 is 0 Å². The zero-order chi connectivity index (χ0) is 23.9. The van der Waals surface area contributed by atoms with Crippen molar-refractivity contribution in [3.8, 4) is 11.3 Å². The molecule has 0 bridgehead atoms. The highest BCUT2D eigenvalue weighted by Gasteiger charge is 2.27. The molecule has 1 aromatic carbocycles. The quantitative estimate of drug-likeness (QED) is 0.314. The first-order valence-electron chi connectivity index (χ1n) is 12.1. The van der Waals surface area contributed by atoms with Crippen molar-refractivity contribution in [2.75, 3.05) is 31.1 Å². The molecule has 3 aromatic heterocycles. The van der Waals surface area contributed by atoms with E-state index in [-0.39, 0.29) is 6.61 Å². The SMILES string of the molecule is O[C@H](COCc1ccco1)CN(Cc1ccco1)Cc1c(-c2ccccc2)noc1N1CCCC1. The fourth-order valence-corrected chi connectivity index (χ4v) is 4.51. The van der Waals surface area contributed by atoms with E-state index in [1.807, 2.05) is 54.6 Å². The minimum atomic E-state index is -0.685. The predicted molar refractivity (Wildman–Crippen MR) is 131 cm³/mol. The summed E-state index contributed by atoms with van der Waals surface area (Å²) in [4.78, 5) is 4.42. The van der Waals surface area contributed by atoms with Crippen LogP contribution in [0.2, 0.25) is 0 Å². The minimum absolute atomic E-state index is 0.198. The van der Waals surface area contributed by atoms with Gasteiger partial charge in [0.25, 0.3) is 0 Å². The zero-order valence-corrected chi connectivity index (χ0v) is 19.7. The van der Waals surface area contributed by atoms with Crippen LogP contribution in [0.15, 0.2) is 80.5 Å². The third-order valence-electron chi connectivity index (χ3n) is 6.15. The van der Waals surface area contributed by atoms with Crippen molar-refractivity contribution in [3.05, 3.63) is 84.2 Å². The number of nitrogens with zero attached hydrogens (tertiary/aromatic N) is 3. The summed E-state index contributed by atoms with van der Waals surface area (Å²) < 4.78 is 22.5. The van der Waals surface area contributed by atoms with Gasteiger partial charge in [0.1, 0.15) is 23.8 Å². The molecule has 0 unspecified atom stereocenters. The summed E-state index contributed by atoms with van der Waals surface area (Å²) >= 11 is 0. The van der Waals surface area contributed by atoms with Gasteiger partial charge < -0.3 is 28.1 Å². The Morgan fingerprint density at radius 2 is 1.69 bits per heavy atom. The number of hydrogen-bond donors (Lipinski definition) is 1. The molecule has 0 amide bonds. The Morgan fingerprint density at radius 1 is 0.943 bits per heavy atom. The summed E-state index contributed by atoms with van der Waals surface area (Å²) in [5.74, 6) is 2.38. The first kappa shape index (κ1) is 23.4. The number of hydrogen-bond acceptors (Lipinski definition) is 8. The van der Waals surface area contributed by atoms with E-state index in [9.17, 15) is 5.11 Å². The minimum Gasteiger partial charge on any atom is -0.468 e. The molecule has 4 heterocycles. The van der Waals surface area contributed by atoms with Gasteiger partial charge in [0.15, 0.2) is 0 Å². The van der Waals surface area contributed by atoms with Crippen LogP contribution < -0.4 is 4.90 Å². The maximum absolute atomic E-state index is 10.8. The van der Waals surface area contributed by atoms with E-state index in [2.05, 4.69) is 15.0 Å². The van der Waals surface area contributed by atoms with Crippen LogP contribution >= 0.6 is 0 Å². The summed E-state index contributed by atoms with van der Waals surface area (Å²) in [5.41, 5.74) is 2.87. The molecule has 0 radical (unpaired) electrons. The van der Waals surface area contributed by atoms with Gasteiger partial charge in [0.2, 0.25) is 5.88 Å². The molecule has 0 saturated carbocycles. The van der Waals surface area contributed by atoms with Crippen LogP contribution in [0.3, 0.4) is 0 Å². The van der Waals surface area contributed by atoms with Crippen LogP contribution in [-0.4, -0.2) is 47.5 Å². The van der Waals surface area contributed by atoms with Crippen LogP contribution in [0.4, 0.5) is 5.88 Å². The molecule has 1 atom stereocenters. The standard InChI is InChI=1S/C27H31N3O5/c31-22(19-32-20-24-11-7-15-34-24)16-29(17-23-10-6-14-33-23)18-25-26(21-8-2-1-3-9-21)28-35-27(25)30-12-4-5-13-30/h1-3,6-11,14-15,22,31H,4-5,12-13,16-20H2/t22-/m0/s1. The average molecular weight is 478 g/mol. The second kappa shape index (κ2) is 11.4. The Labute approximate surface area is 204 Å². The normalized spacial score (nSPS) is 14.7. The van der Waals surface area contributed by atoms with Gasteiger partial charge >= 0.3 is 0 Å². The molecule has 0 spiro atoms. The van der Waals surface area contributed by atoms with E-state index in [4.69, 9.17) is 18.1 Å². The summed E-state index contributed by atoms with van der Waals surface area (Å²) in [6.07, 6.45) is 4.88. The topological polar surface area (TPSA) is 88.2 Å². The van der Waals surface area contributed by atoms with E-state index in [1.54, 1.807) is 12.5 Å². The van der Waals surface area contributed by atoms with Gasteiger partial charge in [-0.05, 0) is 37.1 Å². The third kappa shape index (κ3) is 6.03. The van der Waals surface area contributed by atoms with E-state index in [0.29, 0.717) is 26.2 Å². The maximum atomic E-state index is 10.8. The number of aliphatic hydroxyl groups is 1. The molecule has 1 saturated heterocycles. The smallest absolute Gasteiger partial charge is 0.232 e. The molecular formula is C27H31N3O5. The third-order valence-corrected chi connectivity index (χ3v) is 6.15.